The molecule has 0 saturated carbocycles. The van der Waals surface area contributed by atoms with Crippen LogP contribution < -0.4 is 5.32 Å². The number of halogens is 3. The molecule has 0 spiro atoms. The van der Waals surface area contributed by atoms with E-state index in [0.29, 0.717) is 0 Å². The number of alkyl halides is 3. The molecule has 4 aromatic carbocycles. The number of amides is 1. The number of hydrogen-bond acceptors (Lipinski definition) is 3. The predicted octanol–water partition coefficient (Wildman–Crippen LogP) is 5.45. The van der Waals surface area contributed by atoms with Crippen molar-refractivity contribution in [3.8, 4) is 0 Å². The van der Waals surface area contributed by atoms with Gasteiger partial charge in [0.05, 0.1) is 19.1 Å². The monoisotopic (exact) mass is 465 g/mol. The molecular weight excluding hydrogens is 443 g/mol. The highest BCUT2D eigenvalue weighted by Crippen LogP contribution is 2.31. The number of carbonyl (C=O) groups is 2. The quantitative estimate of drug-likeness (QED) is 0.304. The minimum Gasteiger partial charge on any atom is -0.467 e. The maximum Gasteiger partial charge on any atom is 0.416 e. The van der Waals surface area contributed by atoms with E-state index in [2.05, 4.69) is 11.4 Å². The Kier molecular flexibility index (Phi) is 6.54. The van der Waals surface area contributed by atoms with Crippen molar-refractivity contribution in [2.75, 3.05) is 7.11 Å². The largest absolute Gasteiger partial charge is 0.467 e. The van der Waals surface area contributed by atoms with Gasteiger partial charge in [-0.25, -0.2) is 4.79 Å². The molecule has 0 bridgehead atoms. The third-order valence-corrected chi connectivity index (χ3v) is 5.73. The number of nitrogens with one attached hydrogen (secondary N) is 1. The van der Waals surface area contributed by atoms with Crippen LogP contribution in [0.3, 0.4) is 0 Å². The van der Waals surface area contributed by atoms with Crippen molar-refractivity contribution in [3.05, 3.63) is 95.6 Å². The second-order valence-electron chi connectivity index (χ2n) is 8.02. The van der Waals surface area contributed by atoms with E-state index >= 15 is 0 Å². The third-order valence-electron chi connectivity index (χ3n) is 5.73. The van der Waals surface area contributed by atoms with Crippen LogP contribution in [0.5, 0.6) is 0 Å². The summed E-state index contributed by atoms with van der Waals surface area (Å²) in [6.45, 7) is 0. The molecule has 7 heteroatoms. The fourth-order valence-electron chi connectivity index (χ4n) is 4.16. The van der Waals surface area contributed by atoms with Gasteiger partial charge in [0.25, 0.3) is 0 Å². The first-order chi connectivity index (χ1) is 16.3. The first kappa shape index (κ1) is 23.3. The number of rotatable bonds is 6. The van der Waals surface area contributed by atoms with E-state index in [4.69, 9.17) is 4.74 Å². The second-order valence-corrected chi connectivity index (χ2v) is 8.02. The van der Waals surface area contributed by atoms with Crippen LogP contribution in [0.4, 0.5) is 13.2 Å². The predicted molar refractivity (Wildman–Crippen MR) is 124 cm³/mol. The summed E-state index contributed by atoms with van der Waals surface area (Å²) < 4.78 is 43.9. The van der Waals surface area contributed by atoms with Crippen molar-refractivity contribution in [3.63, 3.8) is 0 Å². The first-order valence-corrected chi connectivity index (χ1v) is 10.7. The van der Waals surface area contributed by atoms with E-state index in [9.17, 15) is 22.8 Å². The van der Waals surface area contributed by atoms with Gasteiger partial charge in [0.15, 0.2) is 0 Å². The second kappa shape index (κ2) is 9.55. The molecule has 0 radical (unpaired) electrons. The van der Waals surface area contributed by atoms with Crippen LogP contribution in [0, 0.1) is 0 Å². The van der Waals surface area contributed by atoms with Crippen LogP contribution in [-0.2, 0) is 33.3 Å². The molecular formula is C27H22F3NO3. The van der Waals surface area contributed by atoms with Crippen molar-refractivity contribution in [2.45, 2.75) is 25.1 Å². The lowest BCUT2D eigenvalue weighted by Gasteiger charge is -2.19. The maximum absolute atomic E-state index is 13.0. The number of hydrogen-bond donors (Lipinski definition) is 1. The third kappa shape index (κ3) is 5.03. The fraction of sp³-hybridized carbons (Fsp3) is 0.185. The van der Waals surface area contributed by atoms with Gasteiger partial charge in [-0.1, -0.05) is 66.7 Å². The molecule has 1 N–H and O–H groups in total. The zero-order valence-corrected chi connectivity index (χ0v) is 18.4. The molecule has 0 aliphatic carbocycles. The zero-order valence-electron chi connectivity index (χ0n) is 18.4. The van der Waals surface area contributed by atoms with Crippen LogP contribution in [0.25, 0.3) is 21.5 Å². The van der Waals surface area contributed by atoms with Crippen LogP contribution in [-0.4, -0.2) is 25.0 Å². The molecule has 0 unspecified atom stereocenters. The molecule has 1 amide bonds. The van der Waals surface area contributed by atoms with Gasteiger partial charge in [-0.3, -0.25) is 4.79 Å². The molecule has 1 atom stereocenters. The highest BCUT2D eigenvalue weighted by atomic mass is 19.4. The Hall–Kier alpha value is -3.87. The van der Waals surface area contributed by atoms with E-state index in [1.807, 2.05) is 48.5 Å². The molecule has 0 heterocycles. The van der Waals surface area contributed by atoms with Crippen molar-refractivity contribution < 1.29 is 27.5 Å². The fourth-order valence-corrected chi connectivity index (χ4v) is 4.16. The van der Waals surface area contributed by atoms with Gasteiger partial charge >= 0.3 is 12.1 Å². The van der Waals surface area contributed by atoms with Crippen LogP contribution in [0.1, 0.15) is 16.7 Å². The molecule has 4 aromatic rings. The summed E-state index contributed by atoms with van der Waals surface area (Å²) in [5, 5.41) is 6.54. The van der Waals surface area contributed by atoms with Crippen LogP contribution in [0.2, 0.25) is 0 Å². The number of methoxy groups -OCH3 is 1. The number of fused-ring (bicyclic) bond motifs is 2. The molecule has 4 rings (SSSR count). The molecule has 0 aromatic heterocycles. The van der Waals surface area contributed by atoms with Crippen molar-refractivity contribution in [1.29, 1.82) is 0 Å². The Morgan fingerprint density at radius 1 is 0.882 bits per heavy atom. The van der Waals surface area contributed by atoms with Gasteiger partial charge in [0.1, 0.15) is 6.04 Å². The highest BCUT2D eigenvalue weighted by Gasteiger charge is 2.30. The summed E-state index contributed by atoms with van der Waals surface area (Å²) in [4.78, 5) is 25.3. The molecule has 0 aliphatic heterocycles. The van der Waals surface area contributed by atoms with E-state index in [0.717, 1.165) is 39.2 Å². The van der Waals surface area contributed by atoms with E-state index < -0.39 is 29.7 Å². The summed E-state index contributed by atoms with van der Waals surface area (Å²) in [5.74, 6) is -1.20. The molecule has 0 saturated heterocycles. The Labute approximate surface area is 194 Å². The summed E-state index contributed by atoms with van der Waals surface area (Å²) in [7, 11) is 1.23. The molecule has 4 nitrogen and oxygen atoms in total. The average molecular weight is 465 g/mol. The maximum atomic E-state index is 13.0. The summed E-state index contributed by atoms with van der Waals surface area (Å²) in [6.07, 6.45) is -4.63. The van der Waals surface area contributed by atoms with Gasteiger partial charge in [-0.2, -0.15) is 13.2 Å². The minimum absolute atomic E-state index is 0.170. The van der Waals surface area contributed by atoms with Crippen molar-refractivity contribution in [1.82, 2.24) is 5.32 Å². The standard InChI is InChI=1S/C27H22F3NO3/c1-34-26(33)24(31-25(32)14-17-7-6-10-20(13-17)27(28,29)30)16-23-21-11-4-2-8-18(21)15-19-9-3-5-12-22(19)23/h2-13,15,24H,14,16H2,1H3,(H,31,32)/t24-/m1/s1. The lowest BCUT2D eigenvalue weighted by molar-refractivity contribution is -0.145. The lowest BCUT2D eigenvalue weighted by Crippen LogP contribution is -2.43. The molecule has 0 fully saturated rings. The Morgan fingerprint density at radius 2 is 1.50 bits per heavy atom. The van der Waals surface area contributed by atoms with Gasteiger partial charge in [0, 0.05) is 6.42 Å². The number of ether oxygens (including phenoxy) is 1. The molecule has 0 aliphatic rings. The Bertz CT molecular complexity index is 1310. The van der Waals surface area contributed by atoms with Crippen molar-refractivity contribution in [2.24, 2.45) is 0 Å². The zero-order chi connectivity index (χ0) is 24.3. The van der Waals surface area contributed by atoms with Crippen molar-refractivity contribution >= 4 is 33.4 Å². The van der Waals surface area contributed by atoms with E-state index in [1.54, 1.807) is 0 Å². The van der Waals surface area contributed by atoms with Gasteiger partial charge in [-0.05, 0) is 44.8 Å². The number of esters is 1. The first-order valence-electron chi connectivity index (χ1n) is 10.7. The van der Waals surface area contributed by atoms with Crippen LogP contribution in [0.15, 0.2) is 78.9 Å². The van der Waals surface area contributed by atoms with Crippen LogP contribution >= 0.6 is 0 Å². The van der Waals surface area contributed by atoms with Gasteiger partial charge in [-0.15, -0.1) is 0 Å². The lowest BCUT2D eigenvalue weighted by atomic mass is 9.92. The van der Waals surface area contributed by atoms with E-state index in [-0.39, 0.29) is 18.4 Å². The minimum atomic E-state index is -4.50. The SMILES string of the molecule is COC(=O)[C@@H](Cc1c2ccccc2cc2ccccc12)NC(=O)Cc1cccc(C(F)(F)F)c1. The number of benzene rings is 4. The summed E-state index contributed by atoms with van der Waals surface area (Å²) in [6, 6.07) is 21.2. The van der Waals surface area contributed by atoms with Gasteiger partial charge < -0.3 is 10.1 Å². The Balaban J connectivity index is 1.63. The molecule has 174 valence electrons. The topological polar surface area (TPSA) is 55.4 Å². The van der Waals surface area contributed by atoms with Gasteiger partial charge in [0.2, 0.25) is 5.91 Å². The molecule has 34 heavy (non-hydrogen) atoms. The van der Waals surface area contributed by atoms with E-state index in [1.165, 1.54) is 19.2 Å². The summed E-state index contributed by atoms with van der Waals surface area (Å²) >= 11 is 0. The normalized spacial score (nSPS) is 12.5. The average Bonchev–Trinajstić information content (AvgIpc) is 2.82. The number of carbonyl (C=O) groups excluding carboxylic acids is 2. The smallest absolute Gasteiger partial charge is 0.416 e. The highest BCUT2D eigenvalue weighted by molar-refractivity contribution is 6.02. The summed E-state index contributed by atoms with van der Waals surface area (Å²) in [5.41, 5.74) is 0.250. The Morgan fingerprint density at radius 3 is 2.09 bits per heavy atom.